The van der Waals surface area contributed by atoms with E-state index in [1.165, 1.54) is 24.3 Å². The van der Waals surface area contributed by atoms with Gasteiger partial charge in [0.25, 0.3) is 0 Å². The van der Waals surface area contributed by atoms with E-state index in [0.717, 1.165) is 0 Å². The molecule has 1 rings (SSSR count). The van der Waals surface area contributed by atoms with Crippen molar-refractivity contribution in [1.29, 1.82) is 0 Å². The summed E-state index contributed by atoms with van der Waals surface area (Å²) in [5.74, 6) is -2.29. The molecule has 0 aromatic heterocycles. The van der Waals surface area contributed by atoms with Crippen molar-refractivity contribution < 1.29 is 39.4 Å². The number of carbonyl (C=O) groups is 3. The number of ether oxygens (including phenoxy) is 2. The number of carboxylic acids is 1. The topological polar surface area (TPSA) is 150 Å². The van der Waals surface area contributed by atoms with Gasteiger partial charge in [-0.2, -0.15) is 5.23 Å². The minimum Gasteiger partial charge on any atom is -0.595 e. The summed E-state index contributed by atoms with van der Waals surface area (Å²) in [6.07, 6.45) is -2.86. The molecule has 2 atom stereocenters. The fourth-order valence-corrected chi connectivity index (χ4v) is 1.81. The summed E-state index contributed by atoms with van der Waals surface area (Å²) in [5.41, 5.74) is -1.24. The van der Waals surface area contributed by atoms with Crippen molar-refractivity contribution in [3.8, 4) is 0 Å². The van der Waals surface area contributed by atoms with Gasteiger partial charge in [0.2, 0.25) is 6.10 Å². The van der Waals surface area contributed by atoms with Crippen LogP contribution in [0.5, 0.6) is 0 Å². The number of carboxylic acid groups (broad SMARTS) is 1. The van der Waals surface area contributed by atoms with Gasteiger partial charge in [0.15, 0.2) is 5.69 Å². The van der Waals surface area contributed by atoms with Crippen LogP contribution in [-0.4, -0.2) is 40.5 Å². The normalized spacial score (nSPS) is 13.5. The molecule has 25 heavy (non-hydrogen) atoms. The number of aliphatic carboxylic acids is 1. The standard InChI is InChI=1S/C15H20N2O8/c1-15(2,3)25-13(20)12(24-14(21)16-8-11(18)19)9-6-4-5-7-10(9)17(22)23/h4-7,12,17,22H,8H2,1-3H3,(H,16,21)(H,18,19). The van der Waals surface area contributed by atoms with Gasteiger partial charge in [0, 0.05) is 6.07 Å². The lowest BCUT2D eigenvalue weighted by molar-refractivity contribution is -0.991. The molecule has 1 aromatic carbocycles. The van der Waals surface area contributed by atoms with Crippen molar-refractivity contribution >= 4 is 23.7 Å². The van der Waals surface area contributed by atoms with Gasteiger partial charge in [-0.3, -0.25) is 4.79 Å². The number of amides is 1. The number of hydrogen-bond acceptors (Lipinski definition) is 7. The van der Waals surface area contributed by atoms with Crippen LogP contribution in [0.25, 0.3) is 0 Å². The fraction of sp³-hybridized carbons (Fsp3) is 0.400. The second kappa shape index (κ2) is 8.42. The summed E-state index contributed by atoms with van der Waals surface area (Å²) in [7, 11) is 0. The largest absolute Gasteiger partial charge is 0.595 e. The number of para-hydroxylation sites is 1. The molecule has 0 aliphatic carbocycles. The third-order valence-electron chi connectivity index (χ3n) is 2.70. The lowest BCUT2D eigenvalue weighted by atomic mass is 10.1. The summed E-state index contributed by atoms with van der Waals surface area (Å²) in [6.45, 7) is 4.06. The van der Waals surface area contributed by atoms with E-state index in [-0.39, 0.29) is 11.3 Å². The Balaban J connectivity index is 3.13. The number of nitrogens with one attached hydrogen (secondary N) is 2. The van der Waals surface area contributed by atoms with Crippen LogP contribution in [0, 0.1) is 5.21 Å². The van der Waals surface area contributed by atoms with Crippen LogP contribution in [0.3, 0.4) is 0 Å². The molecule has 0 heterocycles. The minimum absolute atomic E-state index is 0.0882. The minimum atomic E-state index is -1.67. The highest BCUT2D eigenvalue weighted by Crippen LogP contribution is 2.26. The molecule has 0 fully saturated rings. The molecule has 138 valence electrons. The van der Waals surface area contributed by atoms with Crippen molar-refractivity contribution in [3.63, 3.8) is 0 Å². The Morgan fingerprint density at radius 3 is 2.40 bits per heavy atom. The predicted octanol–water partition coefficient (Wildman–Crippen LogP) is 0.284. The first-order valence-corrected chi connectivity index (χ1v) is 7.22. The highest BCUT2D eigenvalue weighted by Gasteiger charge is 2.33. The van der Waals surface area contributed by atoms with Gasteiger partial charge in [-0.25, -0.2) is 14.8 Å². The predicted molar refractivity (Wildman–Crippen MR) is 82.9 cm³/mol. The molecule has 10 nitrogen and oxygen atoms in total. The molecule has 10 heteroatoms. The Labute approximate surface area is 143 Å². The summed E-state index contributed by atoms with van der Waals surface area (Å²) in [5, 5.41) is 29.8. The van der Waals surface area contributed by atoms with Gasteiger partial charge in [0.05, 0.1) is 5.56 Å². The highest BCUT2D eigenvalue weighted by molar-refractivity contribution is 5.83. The van der Waals surface area contributed by atoms with Crippen LogP contribution >= 0.6 is 0 Å². The van der Waals surface area contributed by atoms with E-state index in [9.17, 15) is 24.8 Å². The summed E-state index contributed by atoms with van der Waals surface area (Å²) >= 11 is 0. The van der Waals surface area contributed by atoms with Crippen LogP contribution in [0.15, 0.2) is 24.3 Å². The van der Waals surface area contributed by atoms with Crippen LogP contribution in [-0.2, 0) is 19.1 Å². The van der Waals surface area contributed by atoms with E-state index >= 15 is 0 Å². The van der Waals surface area contributed by atoms with Crippen molar-refractivity contribution in [3.05, 3.63) is 35.0 Å². The zero-order valence-corrected chi connectivity index (χ0v) is 13.9. The Hall–Kier alpha value is -2.69. The number of rotatable bonds is 6. The van der Waals surface area contributed by atoms with Crippen LogP contribution in [0.2, 0.25) is 0 Å². The van der Waals surface area contributed by atoms with E-state index in [0.29, 0.717) is 0 Å². The molecule has 0 saturated heterocycles. The highest BCUT2D eigenvalue weighted by atomic mass is 16.8. The third kappa shape index (κ3) is 6.75. The van der Waals surface area contributed by atoms with Gasteiger partial charge in [-0.15, -0.1) is 0 Å². The van der Waals surface area contributed by atoms with Gasteiger partial charge in [-0.05, 0) is 26.8 Å². The molecule has 2 unspecified atom stereocenters. The van der Waals surface area contributed by atoms with E-state index < -0.39 is 41.5 Å². The number of quaternary nitrogens is 1. The lowest BCUT2D eigenvalue weighted by Crippen LogP contribution is -2.99. The third-order valence-corrected chi connectivity index (χ3v) is 2.70. The first-order valence-electron chi connectivity index (χ1n) is 7.22. The smallest absolute Gasteiger partial charge is 0.408 e. The quantitative estimate of drug-likeness (QED) is 0.419. The Morgan fingerprint density at radius 1 is 1.28 bits per heavy atom. The van der Waals surface area contributed by atoms with Crippen molar-refractivity contribution in [2.45, 2.75) is 32.5 Å². The molecular weight excluding hydrogens is 336 g/mol. The molecule has 0 spiro atoms. The SMILES string of the molecule is CC(C)(C)OC(=O)C(OC(=O)NCC(=O)O)c1ccccc1[NH+]([O-])O. The average molecular weight is 356 g/mol. The lowest BCUT2D eigenvalue weighted by Gasteiger charge is -2.25. The van der Waals surface area contributed by atoms with Gasteiger partial charge >= 0.3 is 18.0 Å². The second-order valence-corrected chi connectivity index (χ2v) is 5.96. The monoisotopic (exact) mass is 356 g/mol. The molecule has 4 N–H and O–H groups in total. The van der Waals surface area contributed by atoms with Crippen molar-refractivity contribution in [1.82, 2.24) is 5.32 Å². The van der Waals surface area contributed by atoms with Crippen LogP contribution < -0.4 is 10.5 Å². The zero-order chi connectivity index (χ0) is 19.2. The van der Waals surface area contributed by atoms with Crippen molar-refractivity contribution in [2.24, 2.45) is 0 Å². The second-order valence-electron chi connectivity index (χ2n) is 5.96. The molecular formula is C15H20N2O8. The van der Waals surface area contributed by atoms with E-state index in [1.54, 1.807) is 20.8 Å². The maximum Gasteiger partial charge on any atom is 0.408 e. The first-order chi connectivity index (χ1) is 11.5. The maximum absolute atomic E-state index is 12.4. The Morgan fingerprint density at radius 2 is 1.88 bits per heavy atom. The Bertz CT molecular complexity index is 639. The molecule has 0 aliphatic heterocycles. The summed E-state index contributed by atoms with van der Waals surface area (Å²) in [4.78, 5) is 34.6. The maximum atomic E-state index is 12.4. The van der Waals surface area contributed by atoms with Gasteiger partial charge < -0.3 is 25.1 Å². The fourth-order valence-electron chi connectivity index (χ4n) is 1.81. The Kier molecular flexibility index (Phi) is 6.86. The van der Waals surface area contributed by atoms with Crippen molar-refractivity contribution in [2.75, 3.05) is 6.54 Å². The molecule has 0 radical (unpaired) electrons. The number of carbonyl (C=O) groups excluding carboxylic acids is 2. The van der Waals surface area contributed by atoms with E-state index in [2.05, 4.69) is 0 Å². The molecule has 1 amide bonds. The van der Waals surface area contributed by atoms with E-state index in [1.807, 2.05) is 5.32 Å². The van der Waals surface area contributed by atoms with Crippen LogP contribution in [0.4, 0.5) is 10.5 Å². The first kappa shape index (κ1) is 20.4. The molecule has 0 bridgehead atoms. The molecule has 0 aliphatic rings. The molecule has 0 saturated carbocycles. The van der Waals surface area contributed by atoms with Gasteiger partial charge in [-0.1, -0.05) is 12.1 Å². The van der Waals surface area contributed by atoms with Gasteiger partial charge in [0.1, 0.15) is 12.1 Å². The molecule has 1 aromatic rings. The number of benzene rings is 1. The number of esters is 1. The zero-order valence-electron chi connectivity index (χ0n) is 13.9. The summed E-state index contributed by atoms with van der Waals surface area (Å²) in [6, 6.07) is 5.47. The number of hydrogen-bond donors (Lipinski definition) is 4. The summed E-state index contributed by atoms with van der Waals surface area (Å²) < 4.78 is 10.1. The average Bonchev–Trinajstić information content (AvgIpc) is 2.48. The van der Waals surface area contributed by atoms with Crippen LogP contribution in [0.1, 0.15) is 32.4 Å². The van der Waals surface area contributed by atoms with E-state index in [4.69, 9.17) is 14.6 Å². The number of alkyl carbamates (subject to hydrolysis) is 1.